The number of carbonyl (C=O) groups is 1. The van der Waals surface area contributed by atoms with Crippen molar-refractivity contribution in [3.05, 3.63) is 28.8 Å². The van der Waals surface area contributed by atoms with Gasteiger partial charge in [0, 0.05) is 22.5 Å². The number of thioether (sulfide) groups is 1. The Morgan fingerprint density at radius 2 is 2.21 bits per heavy atom. The van der Waals surface area contributed by atoms with E-state index in [0.717, 1.165) is 36.6 Å². The number of hydrogen-bond acceptors (Lipinski definition) is 3. The maximum Gasteiger partial charge on any atom is 0.237 e. The summed E-state index contributed by atoms with van der Waals surface area (Å²) in [6.07, 6.45) is 3.01. The van der Waals surface area contributed by atoms with E-state index in [1.165, 1.54) is 10.5 Å². The summed E-state index contributed by atoms with van der Waals surface area (Å²) < 4.78 is 0. The minimum absolute atomic E-state index is 0.0614. The molecule has 1 saturated heterocycles. The summed E-state index contributed by atoms with van der Waals surface area (Å²) in [6, 6.07) is 6.22. The Balaban J connectivity index is 1.79. The molecule has 1 fully saturated rings. The number of fused-ring (bicyclic) bond motifs is 1. The van der Waals surface area contributed by atoms with E-state index in [-0.39, 0.29) is 18.0 Å². The van der Waals surface area contributed by atoms with Crippen LogP contribution in [0.25, 0.3) is 0 Å². The molecule has 2 heterocycles. The lowest BCUT2D eigenvalue weighted by Crippen LogP contribution is -2.49. The van der Waals surface area contributed by atoms with Crippen molar-refractivity contribution in [2.24, 2.45) is 0 Å². The van der Waals surface area contributed by atoms with Gasteiger partial charge in [-0.1, -0.05) is 11.6 Å². The van der Waals surface area contributed by atoms with Gasteiger partial charge in [-0.3, -0.25) is 10.1 Å². The van der Waals surface area contributed by atoms with Crippen molar-refractivity contribution in [1.29, 1.82) is 0 Å². The molecular formula is C14H17ClN2OS. The summed E-state index contributed by atoms with van der Waals surface area (Å²) in [5.74, 6) is 1.22. The average Bonchev–Trinajstić information content (AvgIpc) is 2.42. The van der Waals surface area contributed by atoms with Gasteiger partial charge in [-0.05, 0) is 48.8 Å². The summed E-state index contributed by atoms with van der Waals surface area (Å²) in [5, 5.41) is 7.20. The van der Waals surface area contributed by atoms with Crippen molar-refractivity contribution in [3.8, 4) is 0 Å². The van der Waals surface area contributed by atoms with Gasteiger partial charge >= 0.3 is 0 Å². The van der Waals surface area contributed by atoms with Crippen LogP contribution in [0.4, 0.5) is 0 Å². The van der Waals surface area contributed by atoms with Crippen molar-refractivity contribution in [3.63, 3.8) is 0 Å². The Hall–Kier alpha value is -0.710. The highest BCUT2D eigenvalue weighted by atomic mass is 35.5. The number of nitrogens with one attached hydrogen (secondary N) is 2. The second-order valence-electron chi connectivity index (χ2n) is 5.02. The summed E-state index contributed by atoms with van der Waals surface area (Å²) >= 11 is 7.96. The minimum Gasteiger partial charge on any atom is -0.355 e. The molecule has 0 radical (unpaired) electrons. The maximum absolute atomic E-state index is 11.8. The number of amides is 1. The first-order valence-corrected chi connectivity index (χ1v) is 8.06. The fraction of sp³-hybridized carbons (Fsp3) is 0.500. The van der Waals surface area contributed by atoms with Crippen LogP contribution < -0.4 is 10.6 Å². The third kappa shape index (κ3) is 2.91. The molecule has 1 amide bonds. The number of halogens is 1. The van der Waals surface area contributed by atoms with Gasteiger partial charge in [-0.2, -0.15) is 0 Å². The van der Waals surface area contributed by atoms with Crippen LogP contribution in [0.3, 0.4) is 0 Å². The highest BCUT2D eigenvalue weighted by Crippen LogP contribution is 2.37. The topological polar surface area (TPSA) is 41.1 Å². The van der Waals surface area contributed by atoms with Crippen LogP contribution in [-0.2, 0) is 4.79 Å². The molecule has 2 N–H and O–H groups in total. The van der Waals surface area contributed by atoms with E-state index in [1.807, 2.05) is 23.9 Å². The zero-order valence-electron chi connectivity index (χ0n) is 10.6. The molecule has 5 heteroatoms. The normalized spacial score (nSPS) is 26.7. The number of carbonyl (C=O) groups excluding carboxylic acids is 1. The minimum atomic E-state index is -0.0614. The quantitative estimate of drug-likeness (QED) is 0.882. The Morgan fingerprint density at radius 1 is 1.32 bits per heavy atom. The molecule has 3 rings (SSSR count). The highest BCUT2D eigenvalue weighted by molar-refractivity contribution is 7.99. The largest absolute Gasteiger partial charge is 0.355 e. The second kappa shape index (κ2) is 5.73. The summed E-state index contributed by atoms with van der Waals surface area (Å²) in [6.45, 7) is 0.806. The third-order valence-electron chi connectivity index (χ3n) is 3.70. The first kappa shape index (κ1) is 13.3. The molecule has 1 aromatic rings. The standard InChI is InChI=1S/C14H17ClN2OS/c15-9-3-4-13-10(8-9)11(5-7-19-13)17-12-2-1-6-16-14(12)18/h3-4,8,11-12,17H,1-2,5-7H2,(H,16,18). The SMILES string of the molecule is O=C1NCCCC1NC1CCSc2ccc(Cl)cc21. The first-order chi connectivity index (χ1) is 9.24. The predicted molar refractivity (Wildman–Crippen MR) is 78.7 cm³/mol. The predicted octanol–water partition coefficient (Wildman–Crippen LogP) is 2.75. The van der Waals surface area contributed by atoms with Crippen molar-refractivity contribution in [2.45, 2.75) is 36.2 Å². The molecule has 102 valence electrons. The molecule has 0 bridgehead atoms. The lowest BCUT2D eigenvalue weighted by Gasteiger charge is -2.31. The van der Waals surface area contributed by atoms with E-state index in [9.17, 15) is 4.79 Å². The van der Waals surface area contributed by atoms with Gasteiger partial charge in [0.25, 0.3) is 0 Å². The Labute approximate surface area is 122 Å². The fourth-order valence-corrected chi connectivity index (χ4v) is 4.00. The van der Waals surface area contributed by atoms with Crippen LogP contribution in [0.1, 0.15) is 30.9 Å². The average molecular weight is 297 g/mol. The lowest BCUT2D eigenvalue weighted by atomic mass is 10.00. The summed E-state index contributed by atoms with van der Waals surface area (Å²) in [7, 11) is 0. The van der Waals surface area contributed by atoms with Gasteiger partial charge in [0.05, 0.1) is 6.04 Å². The smallest absolute Gasteiger partial charge is 0.237 e. The van der Waals surface area contributed by atoms with Crippen LogP contribution in [0.2, 0.25) is 5.02 Å². The molecule has 0 spiro atoms. The fourth-order valence-electron chi connectivity index (χ4n) is 2.71. The van der Waals surface area contributed by atoms with E-state index in [2.05, 4.69) is 16.7 Å². The van der Waals surface area contributed by atoms with Crippen LogP contribution in [0, 0.1) is 0 Å². The van der Waals surface area contributed by atoms with E-state index in [4.69, 9.17) is 11.6 Å². The molecule has 0 aromatic heterocycles. The van der Waals surface area contributed by atoms with Crippen molar-refractivity contribution >= 4 is 29.3 Å². The molecule has 0 saturated carbocycles. The summed E-state index contributed by atoms with van der Waals surface area (Å²) in [4.78, 5) is 13.1. The number of benzene rings is 1. The number of piperidine rings is 1. The van der Waals surface area contributed by atoms with Crippen LogP contribution in [-0.4, -0.2) is 24.2 Å². The van der Waals surface area contributed by atoms with Crippen LogP contribution >= 0.6 is 23.4 Å². The molecule has 2 unspecified atom stereocenters. The van der Waals surface area contributed by atoms with Gasteiger partial charge in [0.15, 0.2) is 0 Å². The van der Waals surface area contributed by atoms with Crippen molar-refractivity contribution < 1.29 is 4.79 Å². The van der Waals surface area contributed by atoms with Crippen LogP contribution in [0.15, 0.2) is 23.1 Å². The van der Waals surface area contributed by atoms with Gasteiger partial charge in [-0.25, -0.2) is 0 Å². The first-order valence-electron chi connectivity index (χ1n) is 6.70. The molecule has 2 atom stereocenters. The Kier molecular flexibility index (Phi) is 4.01. The van der Waals surface area contributed by atoms with Crippen molar-refractivity contribution in [1.82, 2.24) is 10.6 Å². The zero-order chi connectivity index (χ0) is 13.2. The molecule has 19 heavy (non-hydrogen) atoms. The summed E-state index contributed by atoms with van der Waals surface area (Å²) in [5.41, 5.74) is 1.24. The molecule has 2 aliphatic heterocycles. The highest BCUT2D eigenvalue weighted by Gasteiger charge is 2.28. The van der Waals surface area contributed by atoms with Gasteiger partial charge in [0.2, 0.25) is 5.91 Å². The Bertz CT molecular complexity index is 494. The molecule has 2 aliphatic rings. The van der Waals surface area contributed by atoms with Gasteiger partial charge in [-0.15, -0.1) is 11.8 Å². The van der Waals surface area contributed by atoms with E-state index >= 15 is 0 Å². The molecule has 3 nitrogen and oxygen atoms in total. The lowest BCUT2D eigenvalue weighted by molar-refractivity contribution is -0.124. The van der Waals surface area contributed by atoms with Gasteiger partial charge in [0.1, 0.15) is 0 Å². The molecule has 1 aromatic carbocycles. The monoisotopic (exact) mass is 296 g/mol. The van der Waals surface area contributed by atoms with Crippen LogP contribution in [0.5, 0.6) is 0 Å². The van der Waals surface area contributed by atoms with E-state index < -0.39 is 0 Å². The molecular weight excluding hydrogens is 280 g/mol. The maximum atomic E-state index is 11.8. The number of hydrogen-bond donors (Lipinski definition) is 2. The van der Waals surface area contributed by atoms with E-state index in [1.54, 1.807) is 0 Å². The van der Waals surface area contributed by atoms with Crippen molar-refractivity contribution in [2.75, 3.05) is 12.3 Å². The zero-order valence-corrected chi connectivity index (χ0v) is 12.2. The third-order valence-corrected chi connectivity index (χ3v) is 5.06. The number of rotatable bonds is 2. The molecule has 0 aliphatic carbocycles. The second-order valence-corrected chi connectivity index (χ2v) is 6.60. The Morgan fingerprint density at radius 3 is 3.05 bits per heavy atom. The van der Waals surface area contributed by atoms with E-state index in [0.29, 0.717) is 0 Å². The van der Waals surface area contributed by atoms with Gasteiger partial charge < -0.3 is 5.32 Å².